The zero-order valence-corrected chi connectivity index (χ0v) is 15.9. The molecule has 7 nitrogen and oxygen atoms in total. The van der Waals surface area contributed by atoms with E-state index in [4.69, 9.17) is 9.47 Å². The average molecular weight is 373 g/mol. The molecule has 7 heteroatoms. The first kappa shape index (κ1) is 20.5. The maximum Gasteiger partial charge on any atom is 0.246 e. The van der Waals surface area contributed by atoms with Crippen LogP contribution in [0.1, 0.15) is 5.56 Å². The van der Waals surface area contributed by atoms with Crippen LogP contribution in [0.4, 0.5) is 0 Å². The van der Waals surface area contributed by atoms with Gasteiger partial charge in [-0.1, -0.05) is 6.08 Å². The Kier molecular flexibility index (Phi) is 7.88. The van der Waals surface area contributed by atoms with Crippen LogP contribution in [0.3, 0.4) is 0 Å². The van der Waals surface area contributed by atoms with Crippen LogP contribution in [0.25, 0.3) is 6.08 Å². The third kappa shape index (κ3) is 6.45. The quantitative estimate of drug-likeness (QED) is 0.547. The Morgan fingerprint density at radius 1 is 1.11 bits per heavy atom. The molecule has 146 valence electrons. The van der Waals surface area contributed by atoms with Gasteiger partial charge in [-0.2, -0.15) is 0 Å². The molecule has 0 unspecified atom stereocenters. The maximum atomic E-state index is 12.4. The maximum absolute atomic E-state index is 12.4. The normalized spacial score (nSPS) is 14.8. The SMILES string of the molecule is C=CCNC(=O)CN1CCN(C(=O)C=Cc2cc(OC)cc(OC)c2)CC1. The van der Waals surface area contributed by atoms with E-state index in [0.717, 1.165) is 5.56 Å². The largest absolute Gasteiger partial charge is 0.497 e. The number of piperazine rings is 1. The first-order chi connectivity index (χ1) is 13.0. The van der Waals surface area contributed by atoms with Crippen molar-refractivity contribution in [1.29, 1.82) is 0 Å². The minimum atomic E-state index is -0.0486. The summed E-state index contributed by atoms with van der Waals surface area (Å²) in [6.45, 7) is 6.93. The van der Waals surface area contributed by atoms with Crippen molar-refractivity contribution in [3.63, 3.8) is 0 Å². The van der Waals surface area contributed by atoms with E-state index in [2.05, 4.69) is 11.9 Å². The summed E-state index contributed by atoms with van der Waals surface area (Å²) in [5.74, 6) is 1.27. The molecule has 0 spiro atoms. The predicted octanol–water partition coefficient (Wildman–Crippen LogP) is 1.16. The standard InChI is InChI=1S/C20H27N3O4/c1-4-7-21-19(24)15-22-8-10-23(11-9-22)20(25)6-5-16-12-17(26-2)14-18(13-16)27-3/h4-6,12-14H,1,7-11,15H2,2-3H3,(H,21,24). The molecule has 1 N–H and O–H groups in total. The van der Waals surface area contributed by atoms with E-state index >= 15 is 0 Å². The molecule has 0 aliphatic carbocycles. The van der Waals surface area contributed by atoms with Gasteiger partial charge in [-0.3, -0.25) is 14.5 Å². The highest BCUT2D eigenvalue weighted by molar-refractivity contribution is 5.92. The van der Waals surface area contributed by atoms with Crippen molar-refractivity contribution in [3.8, 4) is 11.5 Å². The molecule has 1 aromatic carbocycles. The summed E-state index contributed by atoms with van der Waals surface area (Å²) in [7, 11) is 3.18. The fraction of sp³-hybridized carbons (Fsp3) is 0.400. The number of amides is 2. The highest BCUT2D eigenvalue weighted by Gasteiger charge is 2.20. The van der Waals surface area contributed by atoms with E-state index in [1.807, 2.05) is 17.0 Å². The summed E-state index contributed by atoms with van der Waals surface area (Å²) in [6.07, 6.45) is 4.96. The molecule has 1 saturated heterocycles. The molecule has 0 atom stereocenters. The highest BCUT2D eigenvalue weighted by atomic mass is 16.5. The molecule has 0 radical (unpaired) electrons. The van der Waals surface area contributed by atoms with Crippen LogP contribution in [-0.2, 0) is 9.59 Å². The average Bonchev–Trinajstić information content (AvgIpc) is 2.70. The summed E-state index contributed by atoms with van der Waals surface area (Å²) in [5, 5.41) is 2.76. The summed E-state index contributed by atoms with van der Waals surface area (Å²) in [6, 6.07) is 5.46. The van der Waals surface area contributed by atoms with Crippen molar-refractivity contribution in [3.05, 3.63) is 42.5 Å². The molecule has 2 rings (SSSR count). The Balaban J connectivity index is 1.86. The molecule has 0 bridgehead atoms. The number of nitrogens with one attached hydrogen (secondary N) is 1. The van der Waals surface area contributed by atoms with Gasteiger partial charge < -0.3 is 19.7 Å². The number of carbonyl (C=O) groups is 2. The van der Waals surface area contributed by atoms with Crippen molar-refractivity contribution in [2.45, 2.75) is 0 Å². The molecule has 0 saturated carbocycles. The third-order valence-electron chi connectivity index (χ3n) is 4.29. The van der Waals surface area contributed by atoms with E-state index in [0.29, 0.717) is 50.8 Å². The summed E-state index contributed by atoms with van der Waals surface area (Å²) < 4.78 is 10.5. The summed E-state index contributed by atoms with van der Waals surface area (Å²) in [5.41, 5.74) is 0.831. The second-order valence-corrected chi connectivity index (χ2v) is 6.17. The lowest BCUT2D eigenvalue weighted by molar-refractivity contribution is -0.128. The van der Waals surface area contributed by atoms with Crippen LogP contribution in [0, 0.1) is 0 Å². The van der Waals surface area contributed by atoms with Gasteiger partial charge in [0.25, 0.3) is 0 Å². The highest BCUT2D eigenvalue weighted by Crippen LogP contribution is 2.23. The lowest BCUT2D eigenvalue weighted by atomic mass is 10.2. The van der Waals surface area contributed by atoms with Crippen molar-refractivity contribution in [2.24, 2.45) is 0 Å². The number of carbonyl (C=O) groups excluding carboxylic acids is 2. The van der Waals surface area contributed by atoms with Gasteiger partial charge in [0.2, 0.25) is 11.8 Å². The second kappa shape index (κ2) is 10.4. The van der Waals surface area contributed by atoms with Crippen LogP contribution in [0.5, 0.6) is 11.5 Å². The van der Waals surface area contributed by atoms with Gasteiger partial charge in [0.15, 0.2) is 0 Å². The molecule has 27 heavy (non-hydrogen) atoms. The fourth-order valence-corrected chi connectivity index (χ4v) is 2.77. The van der Waals surface area contributed by atoms with Gasteiger partial charge in [0.1, 0.15) is 11.5 Å². The zero-order chi connectivity index (χ0) is 19.6. The molecule has 1 heterocycles. The molecular formula is C20H27N3O4. The zero-order valence-electron chi connectivity index (χ0n) is 15.9. The molecule has 2 amide bonds. The number of methoxy groups -OCH3 is 2. The van der Waals surface area contributed by atoms with Crippen LogP contribution < -0.4 is 14.8 Å². The lowest BCUT2D eigenvalue weighted by Gasteiger charge is -2.33. The third-order valence-corrected chi connectivity index (χ3v) is 4.29. The van der Waals surface area contributed by atoms with Gasteiger partial charge in [-0.05, 0) is 23.8 Å². The first-order valence-electron chi connectivity index (χ1n) is 8.85. The van der Waals surface area contributed by atoms with Gasteiger partial charge in [0, 0.05) is 44.9 Å². The Labute approximate surface area is 160 Å². The Hall–Kier alpha value is -2.80. The van der Waals surface area contributed by atoms with Crippen molar-refractivity contribution < 1.29 is 19.1 Å². The van der Waals surface area contributed by atoms with E-state index in [9.17, 15) is 9.59 Å². The van der Waals surface area contributed by atoms with Gasteiger partial charge in [-0.25, -0.2) is 0 Å². The first-order valence-corrected chi connectivity index (χ1v) is 8.85. The molecule has 1 aliphatic rings. The molecule has 1 fully saturated rings. The minimum absolute atomic E-state index is 0.0263. The van der Waals surface area contributed by atoms with E-state index in [1.54, 1.807) is 43.4 Å². The van der Waals surface area contributed by atoms with Crippen molar-refractivity contribution in [1.82, 2.24) is 15.1 Å². The Bertz CT molecular complexity index is 672. The Morgan fingerprint density at radius 2 is 1.74 bits per heavy atom. The van der Waals surface area contributed by atoms with E-state index in [1.165, 1.54) is 0 Å². The smallest absolute Gasteiger partial charge is 0.246 e. The van der Waals surface area contributed by atoms with Gasteiger partial charge >= 0.3 is 0 Å². The monoisotopic (exact) mass is 373 g/mol. The van der Waals surface area contributed by atoms with Crippen LogP contribution in [-0.4, -0.2) is 75.1 Å². The molecule has 0 aromatic heterocycles. The van der Waals surface area contributed by atoms with Gasteiger partial charge in [0.05, 0.1) is 20.8 Å². The van der Waals surface area contributed by atoms with Crippen molar-refractivity contribution >= 4 is 17.9 Å². The van der Waals surface area contributed by atoms with Gasteiger partial charge in [-0.15, -0.1) is 6.58 Å². The molecule has 1 aromatic rings. The Morgan fingerprint density at radius 3 is 2.30 bits per heavy atom. The number of nitrogens with zero attached hydrogens (tertiary/aromatic N) is 2. The number of ether oxygens (including phenoxy) is 2. The number of hydrogen-bond donors (Lipinski definition) is 1. The number of benzene rings is 1. The van der Waals surface area contributed by atoms with Crippen LogP contribution in [0.2, 0.25) is 0 Å². The van der Waals surface area contributed by atoms with E-state index in [-0.39, 0.29) is 11.8 Å². The fourth-order valence-electron chi connectivity index (χ4n) is 2.77. The van der Waals surface area contributed by atoms with Crippen LogP contribution in [0.15, 0.2) is 36.9 Å². The minimum Gasteiger partial charge on any atom is -0.497 e. The lowest BCUT2D eigenvalue weighted by Crippen LogP contribution is -2.50. The van der Waals surface area contributed by atoms with Crippen molar-refractivity contribution in [2.75, 3.05) is 53.5 Å². The summed E-state index contributed by atoms with van der Waals surface area (Å²) >= 11 is 0. The van der Waals surface area contributed by atoms with Crippen LogP contribution >= 0.6 is 0 Å². The number of hydrogen-bond acceptors (Lipinski definition) is 5. The molecule has 1 aliphatic heterocycles. The summed E-state index contributed by atoms with van der Waals surface area (Å²) in [4.78, 5) is 28.0. The van der Waals surface area contributed by atoms with E-state index < -0.39 is 0 Å². The topological polar surface area (TPSA) is 71.1 Å². The predicted molar refractivity (Wildman–Crippen MR) is 105 cm³/mol. The number of rotatable bonds is 8. The molecular weight excluding hydrogens is 346 g/mol. The second-order valence-electron chi connectivity index (χ2n) is 6.17.